The molecule has 1 N–H and O–H groups in total. The van der Waals surface area contributed by atoms with E-state index >= 15 is 0 Å². The topological polar surface area (TPSA) is 20.2 Å². The maximum Gasteiger partial charge on any atom is 0.116 e. The van der Waals surface area contributed by atoms with Gasteiger partial charge < -0.3 is 17.5 Å². The lowest BCUT2D eigenvalue weighted by Crippen LogP contribution is -3.00. The minimum Gasteiger partial charge on any atom is -1.00 e. The van der Waals surface area contributed by atoms with E-state index in [0.29, 0.717) is 5.75 Å². The van der Waals surface area contributed by atoms with Gasteiger partial charge in [0, 0.05) is 0 Å². The van der Waals surface area contributed by atoms with Gasteiger partial charge in [-0.3, -0.25) is 0 Å². The van der Waals surface area contributed by atoms with Crippen LogP contribution in [0.2, 0.25) is 0 Å². The maximum atomic E-state index is 9.72. The second-order valence-corrected chi connectivity index (χ2v) is 10.1. The van der Waals surface area contributed by atoms with E-state index in [4.69, 9.17) is 0 Å². The van der Waals surface area contributed by atoms with Crippen molar-refractivity contribution in [2.24, 2.45) is 0 Å². The van der Waals surface area contributed by atoms with Crippen molar-refractivity contribution in [2.45, 2.75) is 6.16 Å². The molecule has 0 amide bonds. The minimum atomic E-state index is -1.87. The molecule has 4 aromatic rings. The molecule has 4 aromatic carbocycles. The lowest BCUT2D eigenvalue weighted by atomic mass is 10.2. The fourth-order valence-electron chi connectivity index (χ4n) is 3.64. The van der Waals surface area contributed by atoms with Gasteiger partial charge in [-0.25, -0.2) is 0 Å². The van der Waals surface area contributed by atoms with Crippen LogP contribution in [0.1, 0.15) is 5.56 Å². The highest BCUT2D eigenvalue weighted by molar-refractivity contribution is 7.95. The van der Waals surface area contributed by atoms with Gasteiger partial charge in [-0.05, 0) is 54.1 Å². The van der Waals surface area contributed by atoms with Gasteiger partial charge in [0.05, 0.1) is 6.16 Å². The van der Waals surface area contributed by atoms with Crippen molar-refractivity contribution in [3.05, 3.63) is 121 Å². The first kappa shape index (κ1) is 20.1. The molecular formula is C25H22ClOP. The third-order valence-electron chi connectivity index (χ3n) is 4.95. The highest BCUT2D eigenvalue weighted by Crippen LogP contribution is 2.58. The first-order chi connectivity index (χ1) is 13.3. The molecule has 0 heterocycles. The van der Waals surface area contributed by atoms with Crippen molar-refractivity contribution < 1.29 is 17.5 Å². The molecule has 0 saturated heterocycles. The van der Waals surface area contributed by atoms with E-state index in [-0.39, 0.29) is 12.4 Å². The Morgan fingerprint density at radius 2 is 0.857 bits per heavy atom. The highest BCUT2D eigenvalue weighted by Gasteiger charge is 2.45. The Kier molecular flexibility index (Phi) is 6.52. The van der Waals surface area contributed by atoms with Crippen molar-refractivity contribution >= 4 is 23.2 Å². The predicted molar refractivity (Wildman–Crippen MR) is 117 cm³/mol. The van der Waals surface area contributed by atoms with Gasteiger partial charge in [0.25, 0.3) is 0 Å². The van der Waals surface area contributed by atoms with Crippen LogP contribution in [0, 0.1) is 0 Å². The minimum absolute atomic E-state index is 0. The van der Waals surface area contributed by atoms with Crippen molar-refractivity contribution in [1.82, 2.24) is 0 Å². The van der Waals surface area contributed by atoms with E-state index in [1.54, 1.807) is 12.1 Å². The van der Waals surface area contributed by atoms with Crippen LogP contribution in [0.5, 0.6) is 5.75 Å². The number of rotatable bonds is 5. The van der Waals surface area contributed by atoms with E-state index in [2.05, 4.69) is 91.0 Å². The third kappa shape index (κ3) is 3.97. The van der Waals surface area contributed by atoms with Crippen LogP contribution in [0.15, 0.2) is 115 Å². The molecule has 0 aromatic heterocycles. The Morgan fingerprint density at radius 3 is 1.21 bits per heavy atom. The van der Waals surface area contributed by atoms with Crippen molar-refractivity contribution in [2.75, 3.05) is 0 Å². The molecule has 0 fully saturated rings. The van der Waals surface area contributed by atoms with E-state index in [9.17, 15) is 5.11 Å². The zero-order valence-electron chi connectivity index (χ0n) is 15.4. The lowest BCUT2D eigenvalue weighted by molar-refractivity contribution is -0.00000628. The molecule has 4 rings (SSSR count). The highest BCUT2D eigenvalue weighted by atomic mass is 35.5. The fraction of sp³-hybridized carbons (Fsp3) is 0.0400. The van der Waals surface area contributed by atoms with Gasteiger partial charge in [0.15, 0.2) is 0 Å². The summed E-state index contributed by atoms with van der Waals surface area (Å²) in [6, 6.07) is 40.2. The number of phenolic OH excluding ortho intramolecular Hbond substituents is 1. The molecule has 0 atom stereocenters. The Bertz CT molecular complexity index is 890. The number of phenols is 1. The van der Waals surface area contributed by atoms with Gasteiger partial charge >= 0.3 is 0 Å². The molecule has 0 aliphatic carbocycles. The van der Waals surface area contributed by atoms with Crippen LogP contribution >= 0.6 is 7.26 Å². The fourth-order valence-corrected chi connectivity index (χ4v) is 7.89. The van der Waals surface area contributed by atoms with Crippen molar-refractivity contribution in [3.63, 3.8) is 0 Å². The second-order valence-electron chi connectivity index (χ2n) is 6.64. The van der Waals surface area contributed by atoms with Crippen molar-refractivity contribution in [1.29, 1.82) is 0 Å². The molecule has 0 saturated carbocycles. The summed E-state index contributed by atoms with van der Waals surface area (Å²) in [4.78, 5) is 0. The first-order valence-corrected chi connectivity index (χ1v) is 11.1. The van der Waals surface area contributed by atoms with E-state index in [1.165, 1.54) is 21.5 Å². The van der Waals surface area contributed by atoms with E-state index in [1.807, 2.05) is 12.1 Å². The van der Waals surface area contributed by atoms with Gasteiger partial charge in [-0.15, -0.1) is 0 Å². The SMILES string of the molecule is Oc1ccc(C[P+](c2ccccc2)(c2ccccc2)c2ccccc2)cc1.[Cl-]. The largest absolute Gasteiger partial charge is 1.00 e. The Morgan fingerprint density at radius 1 is 0.500 bits per heavy atom. The molecule has 0 radical (unpaired) electrons. The molecule has 0 unspecified atom stereocenters. The molecule has 0 aliphatic heterocycles. The summed E-state index contributed by atoms with van der Waals surface area (Å²) in [5, 5.41) is 13.8. The second kappa shape index (κ2) is 9.06. The van der Waals surface area contributed by atoms with Gasteiger partial charge in [0.2, 0.25) is 0 Å². The quantitative estimate of drug-likeness (QED) is 0.504. The number of halogens is 1. The van der Waals surface area contributed by atoms with E-state index in [0.717, 1.165) is 6.16 Å². The number of hydrogen-bond donors (Lipinski definition) is 1. The van der Waals surface area contributed by atoms with E-state index < -0.39 is 7.26 Å². The van der Waals surface area contributed by atoms with Gasteiger partial charge in [-0.2, -0.15) is 0 Å². The van der Waals surface area contributed by atoms with Crippen LogP contribution < -0.4 is 28.3 Å². The summed E-state index contributed by atoms with van der Waals surface area (Å²) >= 11 is 0. The number of hydrogen-bond acceptors (Lipinski definition) is 1. The summed E-state index contributed by atoms with van der Waals surface area (Å²) in [5.74, 6) is 0.307. The number of aromatic hydroxyl groups is 1. The van der Waals surface area contributed by atoms with Crippen LogP contribution in [0.25, 0.3) is 0 Å². The standard InChI is InChI=1S/C25H21OP.ClH/c26-22-18-16-21(17-19-22)20-27(23-10-4-1-5-11-23,24-12-6-2-7-13-24)25-14-8-3-9-15-25;/h1-19H,20H2;1H. The van der Waals surface area contributed by atoms with Crippen LogP contribution in [-0.4, -0.2) is 5.11 Å². The summed E-state index contributed by atoms with van der Waals surface area (Å²) in [6.07, 6.45) is 0.922. The van der Waals surface area contributed by atoms with Crippen molar-refractivity contribution in [3.8, 4) is 5.75 Å². The van der Waals surface area contributed by atoms with Crippen LogP contribution in [0.4, 0.5) is 0 Å². The Hall–Kier alpha value is -2.60. The monoisotopic (exact) mass is 404 g/mol. The average Bonchev–Trinajstić information content (AvgIpc) is 2.75. The smallest absolute Gasteiger partial charge is 0.116 e. The molecule has 0 spiro atoms. The average molecular weight is 405 g/mol. The van der Waals surface area contributed by atoms with Gasteiger partial charge in [-0.1, -0.05) is 66.7 Å². The first-order valence-electron chi connectivity index (χ1n) is 9.12. The summed E-state index contributed by atoms with van der Waals surface area (Å²) in [6.45, 7) is 0. The zero-order chi connectivity index (χ0) is 18.5. The maximum absolute atomic E-state index is 9.72. The van der Waals surface area contributed by atoms with Gasteiger partial charge in [0.1, 0.15) is 28.9 Å². The molecular weight excluding hydrogens is 383 g/mol. The number of benzene rings is 4. The Labute approximate surface area is 173 Å². The Balaban J connectivity index is 0.00000225. The summed E-state index contributed by atoms with van der Waals surface area (Å²) in [7, 11) is -1.87. The summed E-state index contributed by atoms with van der Waals surface area (Å²) in [5.41, 5.74) is 1.23. The third-order valence-corrected chi connectivity index (χ3v) is 9.33. The molecule has 3 heteroatoms. The molecule has 0 aliphatic rings. The predicted octanol–water partition coefficient (Wildman–Crippen LogP) is 1.89. The molecule has 140 valence electrons. The molecule has 28 heavy (non-hydrogen) atoms. The van der Waals surface area contributed by atoms with Crippen LogP contribution in [0.3, 0.4) is 0 Å². The zero-order valence-corrected chi connectivity index (χ0v) is 17.1. The normalized spacial score (nSPS) is 10.9. The molecule has 0 bridgehead atoms. The summed E-state index contributed by atoms with van der Waals surface area (Å²) < 4.78 is 0. The van der Waals surface area contributed by atoms with Crippen LogP contribution in [-0.2, 0) is 6.16 Å². The molecule has 1 nitrogen and oxygen atoms in total. The lowest BCUT2D eigenvalue weighted by Gasteiger charge is -2.27.